The minimum absolute atomic E-state index is 1.05. The highest BCUT2D eigenvalue weighted by atomic mass is 28.3. The Morgan fingerprint density at radius 3 is 1.83 bits per heavy atom. The molecule has 0 aliphatic heterocycles. The van der Waals surface area contributed by atoms with Crippen LogP contribution in [-0.4, -0.2) is 12.6 Å². The number of para-hydroxylation sites is 3. The second-order valence-corrected chi connectivity index (χ2v) is 19.1. The topological polar surface area (TPSA) is 17.0 Å². The van der Waals surface area contributed by atoms with Crippen LogP contribution in [0.2, 0.25) is 0 Å². The molecule has 8 aromatic carbocycles. The van der Waals surface area contributed by atoms with Crippen molar-refractivity contribution in [2.45, 2.75) is 19.8 Å². The molecular weight excluding hydrogens is 717 g/mol. The highest BCUT2D eigenvalue weighted by Crippen LogP contribution is 2.36. The van der Waals surface area contributed by atoms with E-state index in [-0.39, 0.29) is 0 Å². The summed E-state index contributed by atoms with van der Waals surface area (Å²) in [6, 6.07) is 76.2. The zero-order valence-corrected chi connectivity index (χ0v) is 33.6. The molecule has 3 heteroatoms. The van der Waals surface area contributed by atoms with Crippen LogP contribution < -0.4 is 26.1 Å². The smallest absolute Gasteiger partial charge is 0.180 e. The molecule has 0 bridgehead atoms. The molecule has 10 rings (SSSR count). The molecule has 0 unspecified atom stereocenters. The van der Waals surface area contributed by atoms with Crippen molar-refractivity contribution in [1.29, 1.82) is 0 Å². The largest absolute Gasteiger partial charge is 0.355 e. The van der Waals surface area contributed by atoms with Crippen LogP contribution in [0.4, 0.5) is 11.4 Å². The summed E-state index contributed by atoms with van der Waals surface area (Å²) in [4.78, 5) is 0. The van der Waals surface area contributed by atoms with E-state index >= 15 is 0 Å². The van der Waals surface area contributed by atoms with Crippen LogP contribution in [0.1, 0.15) is 25.3 Å². The average Bonchev–Trinajstić information content (AvgIpc) is 3.62. The van der Waals surface area contributed by atoms with E-state index in [0.29, 0.717) is 0 Å². The maximum atomic E-state index is 3.89. The molecule has 1 N–H and O–H groups in total. The first-order valence-electron chi connectivity index (χ1n) is 20.3. The van der Waals surface area contributed by atoms with E-state index in [4.69, 9.17) is 0 Å². The molecule has 9 aromatic rings. The van der Waals surface area contributed by atoms with Gasteiger partial charge in [-0.25, -0.2) is 0 Å². The van der Waals surface area contributed by atoms with Crippen LogP contribution in [0, 0.1) is 0 Å². The van der Waals surface area contributed by atoms with Crippen molar-refractivity contribution in [3.8, 4) is 16.8 Å². The summed E-state index contributed by atoms with van der Waals surface area (Å²) < 4.78 is 2.39. The third-order valence-corrected chi connectivity index (χ3v) is 16.8. The first-order valence-corrected chi connectivity index (χ1v) is 22.3. The predicted molar refractivity (Wildman–Crippen MR) is 251 cm³/mol. The lowest BCUT2D eigenvalue weighted by molar-refractivity contribution is 0.968. The van der Waals surface area contributed by atoms with Crippen LogP contribution in [-0.2, 0) is 0 Å². The third-order valence-electron chi connectivity index (χ3n) is 12.0. The average molecular weight is 761 g/mol. The van der Waals surface area contributed by atoms with Crippen LogP contribution in [0.25, 0.3) is 44.2 Å². The molecule has 2 nitrogen and oxygen atoms in total. The molecule has 58 heavy (non-hydrogen) atoms. The Balaban J connectivity index is 1.25. The number of fused-ring (bicyclic) bond motifs is 3. The molecule has 1 aromatic heterocycles. The fourth-order valence-electron chi connectivity index (χ4n) is 9.29. The third kappa shape index (κ3) is 6.12. The molecule has 0 saturated heterocycles. The first kappa shape index (κ1) is 35.5. The van der Waals surface area contributed by atoms with Gasteiger partial charge < -0.3 is 9.88 Å². The normalized spacial score (nSPS) is 13.0. The van der Waals surface area contributed by atoms with Gasteiger partial charge >= 0.3 is 0 Å². The molecule has 1 aliphatic rings. The Bertz CT molecular complexity index is 2920. The van der Waals surface area contributed by atoms with Crippen LogP contribution in [0.3, 0.4) is 0 Å². The number of anilines is 2. The minimum atomic E-state index is -3.02. The summed E-state index contributed by atoms with van der Waals surface area (Å²) in [5.74, 6) is 0. The molecule has 0 amide bonds. The zero-order valence-electron chi connectivity index (χ0n) is 32.6. The lowest BCUT2D eigenvalue weighted by Gasteiger charge is -2.37. The van der Waals surface area contributed by atoms with E-state index in [1.54, 1.807) is 0 Å². The molecule has 0 fully saturated rings. The van der Waals surface area contributed by atoms with Crippen molar-refractivity contribution < 1.29 is 0 Å². The molecule has 0 spiro atoms. The SMILES string of the molecule is CC1=C(c2c(Nc3ccccc3)cccc2[Si](c2ccccc2)(c2ccccc2)c2cccc(-c3ccc4c(c3)c3ccccc3n4-c3ccccc3)c2)C=CCC1. The highest BCUT2D eigenvalue weighted by Gasteiger charge is 2.44. The summed E-state index contributed by atoms with van der Waals surface area (Å²) in [6.45, 7) is 2.32. The maximum absolute atomic E-state index is 3.89. The van der Waals surface area contributed by atoms with Crippen LogP contribution in [0.15, 0.2) is 224 Å². The second kappa shape index (κ2) is 15.2. The summed E-state index contributed by atoms with van der Waals surface area (Å²) in [5, 5.41) is 11.9. The Morgan fingerprint density at radius 1 is 0.500 bits per heavy atom. The van der Waals surface area contributed by atoms with Gasteiger partial charge in [-0.3, -0.25) is 0 Å². The van der Waals surface area contributed by atoms with Crippen molar-refractivity contribution in [2.24, 2.45) is 0 Å². The predicted octanol–water partition coefficient (Wildman–Crippen LogP) is 11.7. The van der Waals surface area contributed by atoms with Gasteiger partial charge in [0.2, 0.25) is 0 Å². The van der Waals surface area contributed by atoms with Gasteiger partial charge in [-0.1, -0.05) is 175 Å². The Kier molecular flexibility index (Phi) is 9.29. The number of rotatable bonds is 9. The van der Waals surface area contributed by atoms with E-state index in [9.17, 15) is 0 Å². The van der Waals surface area contributed by atoms with E-state index in [1.807, 2.05) is 0 Å². The highest BCUT2D eigenvalue weighted by molar-refractivity contribution is 7.20. The number of hydrogen-bond donors (Lipinski definition) is 1. The van der Waals surface area contributed by atoms with Gasteiger partial charge in [0, 0.05) is 33.4 Å². The molecule has 0 radical (unpaired) electrons. The number of hydrogen-bond acceptors (Lipinski definition) is 1. The van der Waals surface area contributed by atoms with Crippen LogP contribution in [0.5, 0.6) is 0 Å². The number of nitrogens with one attached hydrogen (secondary N) is 1. The lowest BCUT2D eigenvalue weighted by atomic mass is 9.92. The van der Waals surface area contributed by atoms with Crippen molar-refractivity contribution in [3.63, 3.8) is 0 Å². The van der Waals surface area contributed by atoms with Crippen LogP contribution >= 0.6 is 0 Å². The van der Waals surface area contributed by atoms with Crippen molar-refractivity contribution in [2.75, 3.05) is 5.32 Å². The Hall–Kier alpha value is -6.94. The van der Waals surface area contributed by atoms with Gasteiger partial charge in [0.15, 0.2) is 8.07 Å². The maximum Gasteiger partial charge on any atom is 0.180 e. The Labute approximate surface area is 342 Å². The fraction of sp³-hybridized carbons (Fsp3) is 0.0545. The van der Waals surface area contributed by atoms with Gasteiger partial charge in [-0.2, -0.15) is 0 Å². The molecule has 1 aliphatic carbocycles. The monoisotopic (exact) mass is 760 g/mol. The zero-order chi connectivity index (χ0) is 38.9. The van der Waals surface area contributed by atoms with E-state index in [1.165, 1.54) is 76.1 Å². The van der Waals surface area contributed by atoms with Gasteiger partial charge in [-0.15, -0.1) is 0 Å². The lowest BCUT2D eigenvalue weighted by Crippen LogP contribution is -2.75. The van der Waals surface area contributed by atoms with Gasteiger partial charge in [0.25, 0.3) is 0 Å². The summed E-state index contributed by atoms with van der Waals surface area (Å²) in [5.41, 5.74) is 12.3. The second-order valence-electron chi connectivity index (χ2n) is 15.3. The summed E-state index contributed by atoms with van der Waals surface area (Å²) in [7, 11) is -3.02. The van der Waals surface area contributed by atoms with Crippen molar-refractivity contribution in [1.82, 2.24) is 4.57 Å². The van der Waals surface area contributed by atoms with Gasteiger partial charge in [0.05, 0.1) is 11.0 Å². The number of nitrogens with zero attached hydrogens (tertiary/aromatic N) is 1. The summed E-state index contributed by atoms with van der Waals surface area (Å²) in [6.07, 6.45) is 6.84. The van der Waals surface area contributed by atoms with Crippen molar-refractivity contribution in [3.05, 3.63) is 230 Å². The fourth-order valence-corrected chi connectivity index (χ4v) is 14.3. The van der Waals surface area contributed by atoms with E-state index in [0.717, 1.165) is 24.2 Å². The van der Waals surface area contributed by atoms with E-state index in [2.05, 4.69) is 235 Å². The number of benzene rings is 8. The summed E-state index contributed by atoms with van der Waals surface area (Å²) >= 11 is 0. The number of aromatic nitrogens is 1. The molecule has 0 saturated carbocycles. The first-order chi connectivity index (χ1) is 28.7. The quantitative estimate of drug-likeness (QED) is 0.115. The molecule has 278 valence electrons. The van der Waals surface area contributed by atoms with Gasteiger partial charge in [0.1, 0.15) is 0 Å². The molecular formula is C55H44N2Si. The van der Waals surface area contributed by atoms with Gasteiger partial charge in [-0.05, 0) is 106 Å². The molecule has 1 heterocycles. The van der Waals surface area contributed by atoms with Crippen molar-refractivity contribution >= 4 is 67.6 Å². The minimum Gasteiger partial charge on any atom is -0.355 e. The van der Waals surface area contributed by atoms with E-state index < -0.39 is 8.07 Å². The molecule has 0 atom stereocenters. The standard InChI is InChI=1S/C55H44N2Si/c1-40-20-14-15-31-48(40)55-51(56-43-22-6-2-7-23-43)33-19-35-54(55)58(45-26-10-4-11-27-45,46-28-12-5-13-29-46)47-30-18-21-41(38-47)42-36-37-53-50(39-42)49-32-16-17-34-52(49)57(53)44-24-8-3-9-25-44/h2-13,15-19,21-39,56H,14,20H2,1H3. The Morgan fingerprint density at radius 2 is 1.10 bits per heavy atom. The number of allylic oxidation sites excluding steroid dienone is 4.